The molecule has 2 aromatic rings. The van der Waals surface area contributed by atoms with Crippen LogP contribution < -0.4 is 4.72 Å². The van der Waals surface area contributed by atoms with Crippen molar-refractivity contribution < 1.29 is 12.8 Å². The lowest BCUT2D eigenvalue weighted by Crippen LogP contribution is -2.14. The summed E-state index contributed by atoms with van der Waals surface area (Å²) < 4.78 is 40.0. The zero-order chi connectivity index (χ0) is 14.0. The van der Waals surface area contributed by atoms with Crippen molar-refractivity contribution in [1.29, 1.82) is 0 Å². The lowest BCUT2D eigenvalue weighted by molar-refractivity contribution is 0.598. The van der Waals surface area contributed by atoms with Crippen LogP contribution in [0.5, 0.6) is 0 Å². The zero-order valence-electron chi connectivity index (χ0n) is 10.0. The minimum absolute atomic E-state index is 0.0857. The van der Waals surface area contributed by atoms with Crippen LogP contribution in [0.25, 0.3) is 0 Å². The highest BCUT2D eigenvalue weighted by molar-refractivity contribution is 7.92. The predicted octanol–water partition coefficient (Wildman–Crippen LogP) is 3.59. The summed E-state index contributed by atoms with van der Waals surface area (Å²) in [4.78, 5) is -0.0864. The minimum atomic E-state index is -3.90. The number of hydrogen-bond acceptors (Lipinski definition) is 2. The summed E-state index contributed by atoms with van der Waals surface area (Å²) in [6.45, 7) is 1.72. The lowest BCUT2D eigenvalue weighted by Gasteiger charge is -2.10. The Kier molecular flexibility index (Phi) is 3.78. The number of halogens is 2. The molecule has 0 aliphatic heterocycles. The van der Waals surface area contributed by atoms with Gasteiger partial charge in [-0.15, -0.1) is 0 Å². The van der Waals surface area contributed by atoms with Crippen LogP contribution in [-0.2, 0) is 10.0 Å². The molecule has 0 aliphatic rings. The molecule has 0 saturated heterocycles. The Hall–Kier alpha value is -1.59. The third-order valence-corrected chi connectivity index (χ3v) is 4.36. The van der Waals surface area contributed by atoms with E-state index in [0.717, 1.165) is 0 Å². The van der Waals surface area contributed by atoms with E-state index >= 15 is 0 Å². The van der Waals surface area contributed by atoms with Crippen LogP contribution in [-0.4, -0.2) is 8.42 Å². The fourth-order valence-electron chi connectivity index (χ4n) is 1.57. The monoisotopic (exact) mass is 299 g/mol. The van der Waals surface area contributed by atoms with Crippen molar-refractivity contribution >= 4 is 27.3 Å². The number of benzene rings is 2. The second kappa shape index (κ2) is 5.19. The first-order valence-electron chi connectivity index (χ1n) is 5.43. The van der Waals surface area contributed by atoms with Crippen LogP contribution in [0.3, 0.4) is 0 Å². The Bertz CT molecular complexity index is 716. The average molecular weight is 300 g/mol. The highest BCUT2D eigenvalue weighted by Crippen LogP contribution is 2.24. The molecular formula is C13H11ClFNO2S. The first kappa shape index (κ1) is 13.8. The first-order chi connectivity index (χ1) is 8.90. The molecular weight excluding hydrogens is 289 g/mol. The van der Waals surface area contributed by atoms with E-state index in [1.165, 1.54) is 24.3 Å². The molecule has 3 nitrogen and oxygen atoms in total. The topological polar surface area (TPSA) is 46.2 Å². The second-order valence-corrected chi connectivity index (χ2v) is 6.08. The molecule has 0 atom stereocenters. The molecule has 0 aliphatic carbocycles. The van der Waals surface area contributed by atoms with Gasteiger partial charge in [-0.1, -0.05) is 29.8 Å². The van der Waals surface area contributed by atoms with Crippen LogP contribution in [0.4, 0.5) is 10.1 Å². The van der Waals surface area contributed by atoms with Crippen molar-refractivity contribution in [2.75, 3.05) is 4.72 Å². The third-order valence-electron chi connectivity index (χ3n) is 2.50. The van der Waals surface area contributed by atoms with E-state index in [4.69, 9.17) is 11.6 Å². The first-order valence-corrected chi connectivity index (χ1v) is 7.30. The van der Waals surface area contributed by atoms with Crippen molar-refractivity contribution in [3.05, 3.63) is 58.9 Å². The number of nitrogens with one attached hydrogen (secondary N) is 1. The van der Waals surface area contributed by atoms with Gasteiger partial charge in [0.1, 0.15) is 10.7 Å². The van der Waals surface area contributed by atoms with Gasteiger partial charge in [-0.3, -0.25) is 4.72 Å². The Morgan fingerprint density at radius 1 is 1.16 bits per heavy atom. The summed E-state index contributed by atoms with van der Waals surface area (Å²) in [7, 11) is -3.90. The molecule has 0 radical (unpaired) electrons. The molecule has 0 bridgehead atoms. The molecule has 2 rings (SSSR count). The number of aryl methyl sites for hydroxylation is 1. The van der Waals surface area contributed by atoms with Gasteiger partial charge in [0.2, 0.25) is 0 Å². The molecule has 0 spiro atoms. The van der Waals surface area contributed by atoms with Crippen LogP contribution in [0, 0.1) is 12.7 Å². The molecule has 0 fully saturated rings. The van der Waals surface area contributed by atoms with Crippen LogP contribution >= 0.6 is 11.6 Å². The van der Waals surface area contributed by atoms with Crippen molar-refractivity contribution in [3.8, 4) is 0 Å². The van der Waals surface area contributed by atoms with Crippen molar-refractivity contribution in [1.82, 2.24) is 0 Å². The van der Waals surface area contributed by atoms with E-state index in [1.807, 2.05) is 0 Å². The normalized spacial score (nSPS) is 11.3. The average Bonchev–Trinajstić information content (AvgIpc) is 2.33. The molecule has 0 unspecified atom stereocenters. The minimum Gasteiger partial charge on any atom is -0.277 e. The summed E-state index contributed by atoms with van der Waals surface area (Å²) in [5.74, 6) is -0.629. The Morgan fingerprint density at radius 3 is 2.47 bits per heavy atom. The fourth-order valence-corrected chi connectivity index (χ4v) is 3.15. The van der Waals surface area contributed by atoms with Crippen LogP contribution in [0.2, 0.25) is 5.02 Å². The van der Waals surface area contributed by atoms with Crippen LogP contribution in [0.1, 0.15) is 5.56 Å². The van der Waals surface area contributed by atoms with Crippen LogP contribution in [0.15, 0.2) is 47.4 Å². The van der Waals surface area contributed by atoms with Gasteiger partial charge in [-0.2, -0.15) is 0 Å². The van der Waals surface area contributed by atoms with Gasteiger partial charge < -0.3 is 0 Å². The third kappa shape index (κ3) is 3.05. The van der Waals surface area contributed by atoms with E-state index in [0.29, 0.717) is 5.56 Å². The maximum absolute atomic E-state index is 13.6. The highest BCUT2D eigenvalue weighted by Gasteiger charge is 2.18. The van der Waals surface area contributed by atoms with Gasteiger partial charge in [0.25, 0.3) is 10.0 Å². The molecule has 19 heavy (non-hydrogen) atoms. The Balaban J connectivity index is 2.40. The van der Waals surface area contributed by atoms with Crippen molar-refractivity contribution in [3.63, 3.8) is 0 Å². The quantitative estimate of drug-likeness (QED) is 0.941. The molecule has 0 saturated carbocycles. The van der Waals surface area contributed by atoms with E-state index in [9.17, 15) is 12.8 Å². The van der Waals surface area contributed by atoms with Crippen molar-refractivity contribution in [2.45, 2.75) is 11.8 Å². The number of rotatable bonds is 3. The maximum atomic E-state index is 13.6. The largest absolute Gasteiger partial charge is 0.277 e. The summed E-state index contributed by atoms with van der Waals surface area (Å²) in [5.41, 5.74) is 0.601. The summed E-state index contributed by atoms with van der Waals surface area (Å²) >= 11 is 5.83. The second-order valence-electron chi connectivity index (χ2n) is 4.02. The van der Waals surface area contributed by atoms with E-state index in [2.05, 4.69) is 4.72 Å². The molecule has 0 heterocycles. The lowest BCUT2D eigenvalue weighted by atomic mass is 10.2. The summed E-state index contributed by atoms with van der Waals surface area (Å²) in [6.07, 6.45) is 0. The molecule has 2 aromatic carbocycles. The van der Waals surface area contributed by atoms with Gasteiger partial charge in [-0.25, -0.2) is 12.8 Å². The standard InChI is InChI=1S/C13H11ClFNO2S/c1-9-6-7-12(11(15)8-9)16-19(17,18)13-5-3-2-4-10(13)14/h2-8,16H,1H3. The summed E-state index contributed by atoms with van der Waals surface area (Å²) in [6, 6.07) is 10.2. The molecule has 1 N–H and O–H groups in total. The van der Waals surface area contributed by atoms with E-state index in [1.54, 1.807) is 25.1 Å². The van der Waals surface area contributed by atoms with Gasteiger partial charge in [0.15, 0.2) is 0 Å². The number of hydrogen-bond donors (Lipinski definition) is 1. The number of sulfonamides is 1. The Labute approximate surface area is 116 Å². The Morgan fingerprint density at radius 2 is 1.84 bits per heavy atom. The number of anilines is 1. The van der Waals surface area contributed by atoms with Gasteiger partial charge in [0.05, 0.1) is 10.7 Å². The fraction of sp³-hybridized carbons (Fsp3) is 0.0769. The molecule has 6 heteroatoms. The molecule has 0 amide bonds. The summed E-state index contributed by atoms with van der Waals surface area (Å²) in [5, 5.41) is 0.0857. The van der Waals surface area contributed by atoms with Crippen molar-refractivity contribution in [2.24, 2.45) is 0 Å². The van der Waals surface area contributed by atoms with E-state index < -0.39 is 15.8 Å². The maximum Gasteiger partial charge on any atom is 0.263 e. The smallest absolute Gasteiger partial charge is 0.263 e. The predicted molar refractivity (Wildman–Crippen MR) is 73.4 cm³/mol. The molecule has 0 aromatic heterocycles. The van der Waals surface area contributed by atoms with Gasteiger partial charge >= 0.3 is 0 Å². The highest BCUT2D eigenvalue weighted by atomic mass is 35.5. The SMILES string of the molecule is Cc1ccc(NS(=O)(=O)c2ccccc2Cl)c(F)c1. The van der Waals surface area contributed by atoms with Gasteiger partial charge in [-0.05, 0) is 36.8 Å². The molecule has 100 valence electrons. The van der Waals surface area contributed by atoms with E-state index in [-0.39, 0.29) is 15.6 Å². The van der Waals surface area contributed by atoms with Gasteiger partial charge in [0, 0.05) is 0 Å². The zero-order valence-corrected chi connectivity index (χ0v) is 11.6.